The third-order valence-electron chi connectivity index (χ3n) is 4.43. The molecule has 1 aliphatic carbocycles. The normalized spacial score (nSPS) is 24.2. The van der Waals surface area contributed by atoms with Gasteiger partial charge in [0.15, 0.2) is 0 Å². The number of ether oxygens (including phenoxy) is 2. The third-order valence-corrected chi connectivity index (χ3v) is 4.43. The van der Waals surface area contributed by atoms with Gasteiger partial charge in [-0.05, 0) is 38.7 Å². The van der Waals surface area contributed by atoms with E-state index in [0.717, 1.165) is 20.0 Å². The lowest BCUT2D eigenvalue weighted by Gasteiger charge is -2.33. The zero-order valence-electron chi connectivity index (χ0n) is 14.9. The van der Waals surface area contributed by atoms with Crippen molar-refractivity contribution in [3.05, 3.63) is 59.7 Å². The fourth-order valence-electron chi connectivity index (χ4n) is 2.96. The smallest absolute Gasteiger partial charge is 0.432 e. The van der Waals surface area contributed by atoms with E-state index in [9.17, 15) is 18.0 Å². The van der Waals surface area contributed by atoms with Crippen LogP contribution >= 0.6 is 0 Å². The van der Waals surface area contributed by atoms with Crippen LogP contribution < -0.4 is 0 Å². The monoisotopic (exact) mass is 368 g/mol. The molecule has 0 N–H and O–H groups in total. The summed E-state index contributed by atoms with van der Waals surface area (Å²) in [4.78, 5) is 12.6. The summed E-state index contributed by atoms with van der Waals surface area (Å²) in [5.41, 5.74) is -2.23. The molecular formula is C20H23F3O3. The number of alkyl halides is 3. The van der Waals surface area contributed by atoms with E-state index in [1.165, 1.54) is 29.8 Å². The van der Waals surface area contributed by atoms with Gasteiger partial charge in [-0.2, -0.15) is 13.2 Å². The molecule has 0 saturated carbocycles. The van der Waals surface area contributed by atoms with Gasteiger partial charge in [0.25, 0.3) is 5.60 Å². The van der Waals surface area contributed by atoms with Crippen LogP contribution in [-0.4, -0.2) is 25.4 Å². The Balaban J connectivity index is 2.31. The van der Waals surface area contributed by atoms with E-state index in [-0.39, 0.29) is 5.56 Å². The molecule has 26 heavy (non-hydrogen) atoms. The third kappa shape index (κ3) is 4.36. The van der Waals surface area contributed by atoms with Crippen LogP contribution in [-0.2, 0) is 19.9 Å². The van der Waals surface area contributed by atoms with Crippen molar-refractivity contribution in [2.75, 3.05) is 7.11 Å². The van der Waals surface area contributed by atoms with Crippen molar-refractivity contribution in [3.63, 3.8) is 0 Å². The van der Waals surface area contributed by atoms with E-state index in [4.69, 9.17) is 9.47 Å². The van der Waals surface area contributed by atoms with Crippen molar-refractivity contribution in [1.82, 2.24) is 0 Å². The number of benzene rings is 1. The predicted octanol–water partition coefficient (Wildman–Crippen LogP) is 5.08. The molecule has 0 bridgehead atoms. The number of esters is 1. The summed E-state index contributed by atoms with van der Waals surface area (Å²) < 4.78 is 51.6. The number of hydrogen-bond acceptors (Lipinski definition) is 3. The summed E-state index contributed by atoms with van der Waals surface area (Å²) in [6.45, 7) is 2.01. The Morgan fingerprint density at radius 1 is 1.15 bits per heavy atom. The Morgan fingerprint density at radius 2 is 1.85 bits per heavy atom. The Morgan fingerprint density at radius 3 is 2.46 bits per heavy atom. The van der Waals surface area contributed by atoms with E-state index in [0.29, 0.717) is 12.8 Å². The summed E-state index contributed by atoms with van der Waals surface area (Å²) in [5, 5.41) is 0. The van der Waals surface area contributed by atoms with Crippen LogP contribution in [0.2, 0.25) is 0 Å². The maximum atomic E-state index is 13.9. The highest BCUT2D eigenvalue weighted by Gasteiger charge is 2.64. The lowest BCUT2D eigenvalue weighted by atomic mass is 9.92. The van der Waals surface area contributed by atoms with Crippen LogP contribution in [0.3, 0.4) is 0 Å². The minimum absolute atomic E-state index is 0.303. The molecule has 1 aromatic carbocycles. The summed E-state index contributed by atoms with van der Waals surface area (Å²) in [7, 11) is 0.868. The maximum absolute atomic E-state index is 13.9. The molecule has 1 aliphatic rings. The first kappa shape index (κ1) is 20.2. The average Bonchev–Trinajstić information content (AvgIpc) is 2.68. The van der Waals surface area contributed by atoms with Crippen molar-refractivity contribution < 1.29 is 27.4 Å². The van der Waals surface area contributed by atoms with Crippen molar-refractivity contribution >= 4 is 5.97 Å². The molecule has 0 aromatic heterocycles. The fraction of sp³-hybridized carbons (Fsp3) is 0.450. The largest absolute Gasteiger partial charge is 0.455 e. The predicted molar refractivity (Wildman–Crippen MR) is 92.4 cm³/mol. The van der Waals surface area contributed by atoms with Crippen molar-refractivity contribution in [3.8, 4) is 0 Å². The molecule has 0 unspecified atom stereocenters. The van der Waals surface area contributed by atoms with Gasteiger partial charge in [-0.3, -0.25) is 0 Å². The van der Waals surface area contributed by atoms with Crippen LogP contribution in [0.15, 0.2) is 54.1 Å². The first-order chi connectivity index (χ1) is 12.3. The molecule has 1 aromatic rings. The quantitative estimate of drug-likeness (QED) is 0.549. The van der Waals surface area contributed by atoms with Gasteiger partial charge in [-0.25, -0.2) is 4.79 Å². The number of halogens is 3. The molecule has 0 radical (unpaired) electrons. The summed E-state index contributed by atoms with van der Waals surface area (Å²) in [6, 6.07) is 6.85. The Bertz CT molecular complexity index is 665. The van der Waals surface area contributed by atoms with Crippen molar-refractivity contribution in [2.45, 2.75) is 50.5 Å². The number of allylic oxidation sites excluding steroid dienone is 3. The topological polar surface area (TPSA) is 35.5 Å². The number of methoxy groups -OCH3 is 1. The minimum Gasteiger partial charge on any atom is -0.455 e. The van der Waals surface area contributed by atoms with E-state index < -0.39 is 23.9 Å². The molecule has 2 atom stereocenters. The lowest BCUT2D eigenvalue weighted by Crippen LogP contribution is -2.52. The molecule has 0 aliphatic heterocycles. The molecule has 0 amide bonds. The molecule has 2 rings (SSSR count). The van der Waals surface area contributed by atoms with Crippen molar-refractivity contribution in [2.24, 2.45) is 0 Å². The highest BCUT2D eigenvalue weighted by atomic mass is 19.4. The summed E-state index contributed by atoms with van der Waals surface area (Å²) in [5.74, 6) is -1.45. The van der Waals surface area contributed by atoms with E-state index >= 15 is 0 Å². The Hall–Kier alpha value is -2.08. The van der Waals surface area contributed by atoms with Gasteiger partial charge in [0.1, 0.15) is 6.10 Å². The molecule has 142 valence electrons. The highest BCUT2D eigenvalue weighted by molar-refractivity contribution is 5.83. The number of carbonyl (C=O) groups is 1. The maximum Gasteiger partial charge on any atom is 0.432 e. The fourth-order valence-corrected chi connectivity index (χ4v) is 2.96. The number of rotatable bonds is 4. The number of carbonyl (C=O) groups excluding carboxylic acids is 1. The van der Waals surface area contributed by atoms with Gasteiger partial charge in [-0.15, -0.1) is 0 Å². The van der Waals surface area contributed by atoms with Gasteiger partial charge < -0.3 is 9.47 Å². The zero-order chi connectivity index (χ0) is 19.2. The summed E-state index contributed by atoms with van der Waals surface area (Å²) in [6.07, 6.45) is 2.52. The van der Waals surface area contributed by atoms with Gasteiger partial charge >= 0.3 is 12.1 Å². The van der Waals surface area contributed by atoms with E-state index in [1.54, 1.807) is 12.1 Å². The van der Waals surface area contributed by atoms with Gasteiger partial charge in [0.05, 0.1) is 0 Å². The van der Waals surface area contributed by atoms with Crippen LogP contribution in [0, 0.1) is 0 Å². The van der Waals surface area contributed by atoms with Crippen molar-refractivity contribution in [1.29, 1.82) is 0 Å². The van der Waals surface area contributed by atoms with E-state index in [2.05, 4.69) is 0 Å². The molecule has 0 fully saturated rings. The highest BCUT2D eigenvalue weighted by Crippen LogP contribution is 2.43. The van der Waals surface area contributed by atoms with Crippen LogP contribution in [0.5, 0.6) is 0 Å². The SMILES string of the molecule is CO[C@@](C(=O)O[C@H]1/C=C\CC/C(C)=C/CC1)(c1ccccc1)C(F)(F)F. The molecule has 6 heteroatoms. The standard InChI is InChI=1S/C20H23F3O3/c1-15-9-6-7-13-17(14-8-10-15)26-18(24)19(25-2,20(21,22)23)16-11-4-3-5-12-16/h3-5,7,10-13,17H,6,8-9,14H2,1-2H3/b13-7-,15-10+/t17-,19+/m0/s1. The van der Waals surface area contributed by atoms with Gasteiger partial charge in [0.2, 0.25) is 0 Å². The lowest BCUT2D eigenvalue weighted by molar-refractivity contribution is -0.277. The van der Waals surface area contributed by atoms with Gasteiger partial charge in [-0.1, -0.05) is 48.1 Å². The molecular weight excluding hydrogens is 345 g/mol. The molecule has 0 heterocycles. The molecule has 0 saturated heterocycles. The van der Waals surface area contributed by atoms with Crippen LogP contribution in [0.4, 0.5) is 13.2 Å². The Kier molecular flexibility index (Phi) is 6.64. The Labute approximate surface area is 151 Å². The first-order valence-corrected chi connectivity index (χ1v) is 8.52. The van der Waals surface area contributed by atoms with Gasteiger partial charge in [0, 0.05) is 12.7 Å². The molecule has 0 spiro atoms. The second kappa shape index (κ2) is 8.54. The minimum atomic E-state index is -4.96. The summed E-state index contributed by atoms with van der Waals surface area (Å²) >= 11 is 0. The second-order valence-electron chi connectivity index (χ2n) is 6.29. The zero-order valence-corrected chi connectivity index (χ0v) is 14.9. The van der Waals surface area contributed by atoms with Crippen LogP contribution in [0.25, 0.3) is 0 Å². The number of hydrogen-bond donors (Lipinski definition) is 0. The molecule has 3 nitrogen and oxygen atoms in total. The second-order valence-corrected chi connectivity index (χ2v) is 6.29. The average molecular weight is 368 g/mol. The van der Waals surface area contributed by atoms with Crippen LogP contribution in [0.1, 0.15) is 38.2 Å². The first-order valence-electron chi connectivity index (χ1n) is 8.52. The van der Waals surface area contributed by atoms with E-state index in [1.807, 2.05) is 19.1 Å².